The van der Waals surface area contributed by atoms with Crippen molar-refractivity contribution in [3.05, 3.63) is 101 Å². The number of alkyl halides is 1. The van der Waals surface area contributed by atoms with Crippen LogP contribution in [-0.4, -0.2) is 87.5 Å². The Balaban J connectivity index is 0.898. The molecule has 9 atom stereocenters. The Bertz CT molecular complexity index is 2240. The molecule has 0 bridgehead atoms. The lowest BCUT2D eigenvalue weighted by molar-refractivity contribution is -0.220. The Kier molecular flexibility index (Phi) is 11.4. The summed E-state index contributed by atoms with van der Waals surface area (Å²) in [5.74, 6) is -4.13. The van der Waals surface area contributed by atoms with Crippen LogP contribution in [0.1, 0.15) is 82.0 Å². The van der Waals surface area contributed by atoms with Crippen LogP contribution in [0.25, 0.3) is 10.8 Å². The lowest BCUT2D eigenvalue weighted by atomic mass is 9.44. The first-order chi connectivity index (χ1) is 27.9. The van der Waals surface area contributed by atoms with Gasteiger partial charge in [0, 0.05) is 40.9 Å². The maximum absolute atomic E-state index is 17.5. The fraction of sp³-hybridized carbons (Fsp3) is 0.489. The topological polar surface area (TPSA) is 160 Å². The van der Waals surface area contributed by atoms with E-state index in [1.807, 2.05) is 55.4 Å². The number of Topliss-reactive ketones (excluding diaryl/α,β-unsaturated/α-hetero) is 2. The second kappa shape index (κ2) is 15.9. The van der Waals surface area contributed by atoms with E-state index in [4.69, 9.17) is 9.47 Å². The quantitative estimate of drug-likeness (QED) is 0.197. The minimum Gasteiger partial charge on any atom is -0.461 e. The summed E-state index contributed by atoms with van der Waals surface area (Å²) in [4.78, 5) is 70.7. The van der Waals surface area contributed by atoms with E-state index in [0.717, 1.165) is 21.9 Å². The Hall–Kier alpha value is -4.91. The molecule has 4 aliphatic carbocycles. The number of ketones is 3. The number of likely N-dealkylation sites (N-methyl/N-ethyl adjacent to an activating group) is 1. The number of aromatic nitrogens is 1. The SMILES string of the molecule is C[C@@H]1C[C@H]2[C@@H]3CCC4=CC(=O)C=C[C@]4(C)[C@@]3(F)[C@@H](O)C[C@]2(C)[C@@]1(O)C(=O)COC(=O)CCC(=O)OCc1ccc(C(C(=O)Cc2ccc3cnccc3c2)N(C)C)cc1. The van der Waals surface area contributed by atoms with E-state index in [9.17, 15) is 34.2 Å². The highest BCUT2D eigenvalue weighted by Crippen LogP contribution is 2.70. The number of aliphatic hydroxyl groups excluding tert-OH is 1. The van der Waals surface area contributed by atoms with E-state index in [2.05, 4.69) is 4.98 Å². The Morgan fingerprint density at radius 3 is 2.37 bits per heavy atom. The number of benzene rings is 2. The molecule has 0 amide bonds. The summed E-state index contributed by atoms with van der Waals surface area (Å²) in [7, 11) is 3.69. The monoisotopic (exact) mass is 808 g/mol. The first-order valence-corrected chi connectivity index (χ1v) is 20.4. The molecule has 1 heterocycles. The van der Waals surface area contributed by atoms with E-state index in [0.29, 0.717) is 30.4 Å². The maximum atomic E-state index is 17.5. The van der Waals surface area contributed by atoms with Gasteiger partial charge in [0.15, 0.2) is 23.8 Å². The van der Waals surface area contributed by atoms with E-state index < -0.39 is 76.3 Å². The van der Waals surface area contributed by atoms with E-state index in [1.54, 1.807) is 51.4 Å². The molecule has 12 heteroatoms. The molecule has 0 saturated heterocycles. The minimum absolute atomic E-state index is 0.0322. The number of carbonyl (C=O) groups excluding carboxylic acids is 5. The fourth-order valence-corrected chi connectivity index (χ4v) is 11.0. The van der Waals surface area contributed by atoms with Crippen LogP contribution in [0.4, 0.5) is 4.39 Å². The van der Waals surface area contributed by atoms with Crippen LogP contribution in [0.3, 0.4) is 0 Å². The van der Waals surface area contributed by atoms with Crippen LogP contribution in [0, 0.1) is 28.6 Å². The largest absolute Gasteiger partial charge is 0.461 e. The van der Waals surface area contributed by atoms with Gasteiger partial charge in [-0.25, -0.2) is 4.39 Å². The molecular weight excluding hydrogens is 756 g/mol. The third-order valence-electron chi connectivity index (χ3n) is 14.1. The number of halogens is 1. The van der Waals surface area contributed by atoms with Gasteiger partial charge in [0.2, 0.25) is 5.78 Å². The van der Waals surface area contributed by atoms with Crippen LogP contribution in [-0.2, 0) is 46.5 Å². The van der Waals surface area contributed by atoms with Crippen molar-refractivity contribution in [3.63, 3.8) is 0 Å². The van der Waals surface area contributed by atoms with Gasteiger partial charge in [0.05, 0.1) is 25.0 Å². The average Bonchev–Trinajstić information content (AvgIpc) is 3.40. The lowest BCUT2D eigenvalue weighted by Crippen LogP contribution is -2.69. The summed E-state index contributed by atoms with van der Waals surface area (Å²) in [6.45, 7) is 4.35. The van der Waals surface area contributed by atoms with Crippen molar-refractivity contribution in [3.8, 4) is 0 Å². The number of rotatable bonds is 13. The Labute approximate surface area is 343 Å². The van der Waals surface area contributed by atoms with Gasteiger partial charge in [-0.05, 0) is 98.8 Å². The van der Waals surface area contributed by atoms with Crippen molar-refractivity contribution in [2.24, 2.45) is 28.6 Å². The molecule has 3 aromatic rings. The smallest absolute Gasteiger partial charge is 0.306 e. The van der Waals surface area contributed by atoms with Gasteiger partial charge in [-0.15, -0.1) is 0 Å². The number of hydrogen-bond acceptors (Lipinski definition) is 11. The van der Waals surface area contributed by atoms with Crippen LogP contribution >= 0.6 is 0 Å². The van der Waals surface area contributed by atoms with E-state index in [-0.39, 0.29) is 43.9 Å². The number of carbonyl (C=O) groups is 5. The number of ether oxygens (including phenoxy) is 2. The molecule has 11 nitrogen and oxygen atoms in total. The number of fused-ring (bicyclic) bond motifs is 6. The minimum atomic E-state index is -2.11. The normalized spacial score (nSPS) is 31.5. The Morgan fingerprint density at radius 1 is 0.966 bits per heavy atom. The molecule has 1 unspecified atom stereocenters. The van der Waals surface area contributed by atoms with Crippen LogP contribution in [0.2, 0.25) is 0 Å². The molecule has 7 rings (SSSR count). The second-order valence-corrected chi connectivity index (χ2v) is 17.7. The van der Waals surface area contributed by atoms with E-state index >= 15 is 4.39 Å². The van der Waals surface area contributed by atoms with Crippen LogP contribution in [0.15, 0.2) is 84.7 Å². The summed E-state index contributed by atoms with van der Waals surface area (Å²) in [6, 6.07) is 14.5. The standard InChI is InChI=1S/C47H53FN2O9/c1-28-20-37-36-13-12-34-23-35(51)16-18-44(34,2)46(36,48)39(53)24-45(37,3)47(28,57)40(54)27-59-42(56)15-14-41(55)58-26-29-6-9-31(10-7-29)43(50(4)5)38(52)22-30-8-11-33-25-49-19-17-32(33)21-30/h6-11,16-19,21,23,25,28,36-37,39,43,53,57H,12-15,20,22,24,26-27H2,1-5H3/t28-,36+,37+,39+,43?,44+,45+,46+,47+/m1/s1. The number of aliphatic hydroxyl groups is 2. The molecular formula is C47H53FN2O9. The van der Waals surface area contributed by atoms with Crippen LogP contribution in [0.5, 0.6) is 0 Å². The van der Waals surface area contributed by atoms with Crippen LogP contribution < -0.4 is 0 Å². The molecule has 2 N–H and O–H groups in total. The average molecular weight is 809 g/mol. The molecule has 4 aliphatic rings. The zero-order valence-electron chi connectivity index (χ0n) is 34.3. The lowest BCUT2D eigenvalue weighted by Gasteiger charge is -2.62. The second-order valence-electron chi connectivity index (χ2n) is 17.7. The van der Waals surface area contributed by atoms with Crippen molar-refractivity contribution in [2.45, 2.75) is 95.7 Å². The molecule has 3 fully saturated rings. The molecule has 59 heavy (non-hydrogen) atoms. The molecule has 3 saturated carbocycles. The van der Waals surface area contributed by atoms with Crippen molar-refractivity contribution in [1.82, 2.24) is 9.88 Å². The van der Waals surface area contributed by atoms with Gasteiger partial charge in [0.25, 0.3) is 0 Å². The number of allylic oxidation sites excluding steroid dienone is 4. The zero-order chi connectivity index (χ0) is 42.5. The molecule has 312 valence electrons. The first-order valence-electron chi connectivity index (χ1n) is 20.4. The fourth-order valence-electron chi connectivity index (χ4n) is 11.0. The highest BCUT2D eigenvalue weighted by atomic mass is 19.1. The van der Waals surface area contributed by atoms with Crippen molar-refractivity contribution >= 4 is 40.1 Å². The molecule has 2 aromatic carbocycles. The zero-order valence-corrected chi connectivity index (χ0v) is 34.3. The van der Waals surface area contributed by atoms with Gasteiger partial charge < -0.3 is 19.7 Å². The summed E-state index contributed by atoms with van der Waals surface area (Å²) in [5.41, 5.74) is -3.47. The van der Waals surface area contributed by atoms with Gasteiger partial charge in [-0.3, -0.25) is 33.9 Å². The first kappa shape index (κ1) is 42.2. The molecule has 0 aliphatic heterocycles. The van der Waals surface area contributed by atoms with Crippen molar-refractivity contribution in [2.75, 3.05) is 20.7 Å². The molecule has 0 radical (unpaired) electrons. The highest BCUT2D eigenvalue weighted by Gasteiger charge is 2.75. The van der Waals surface area contributed by atoms with Gasteiger partial charge >= 0.3 is 11.9 Å². The summed E-state index contributed by atoms with van der Waals surface area (Å²) in [6.07, 6.45) is 6.91. The number of hydrogen-bond donors (Lipinski definition) is 2. The molecule has 1 aromatic heterocycles. The predicted molar refractivity (Wildman–Crippen MR) is 216 cm³/mol. The third kappa shape index (κ3) is 7.27. The summed E-state index contributed by atoms with van der Waals surface area (Å²) >= 11 is 0. The Morgan fingerprint density at radius 2 is 1.66 bits per heavy atom. The molecule has 0 spiro atoms. The van der Waals surface area contributed by atoms with E-state index in [1.165, 1.54) is 12.2 Å². The predicted octanol–water partition coefficient (Wildman–Crippen LogP) is 5.93. The van der Waals surface area contributed by atoms with Gasteiger partial charge in [-0.2, -0.15) is 0 Å². The number of esters is 2. The number of nitrogens with zero attached hydrogens (tertiary/aromatic N) is 2. The maximum Gasteiger partial charge on any atom is 0.306 e. The summed E-state index contributed by atoms with van der Waals surface area (Å²) < 4.78 is 28.1. The van der Waals surface area contributed by atoms with Crippen molar-refractivity contribution < 1.29 is 48.0 Å². The van der Waals surface area contributed by atoms with Crippen molar-refractivity contribution in [1.29, 1.82) is 0 Å². The van der Waals surface area contributed by atoms with Gasteiger partial charge in [0.1, 0.15) is 12.2 Å². The highest BCUT2D eigenvalue weighted by molar-refractivity contribution is 6.01. The third-order valence-corrected chi connectivity index (χ3v) is 14.1. The number of pyridine rings is 1. The summed E-state index contributed by atoms with van der Waals surface area (Å²) in [5, 5.41) is 25.7. The van der Waals surface area contributed by atoms with Gasteiger partial charge in [-0.1, -0.05) is 68.0 Å².